The molecule has 0 atom stereocenters. The van der Waals surface area contributed by atoms with Gasteiger partial charge in [0, 0.05) is 24.7 Å². The number of hydrogen-bond donors (Lipinski definition) is 1. The Kier molecular flexibility index (Phi) is 2.45. The fraction of sp³-hybridized carbons (Fsp3) is 0.167. The maximum atomic E-state index is 13.2. The monoisotopic (exact) mass is 215 g/mol. The highest BCUT2D eigenvalue weighted by Crippen LogP contribution is 2.28. The van der Waals surface area contributed by atoms with Crippen molar-refractivity contribution in [3.8, 4) is 6.07 Å². The van der Waals surface area contributed by atoms with Crippen molar-refractivity contribution in [1.29, 1.82) is 5.26 Å². The lowest BCUT2D eigenvalue weighted by molar-refractivity contribution is 0.628. The first-order chi connectivity index (χ1) is 7.67. The molecule has 1 heterocycles. The van der Waals surface area contributed by atoms with E-state index in [0.717, 1.165) is 10.9 Å². The second kappa shape index (κ2) is 3.78. The Hall–Kier alpha value is -2.15. The fourth-order valence-corrected chi connectivity index (χ4v) is 1.83. The summed E-state index contributed by atoms with van der Waals surface area (Å²) in [4.78, 5) is 4.08. The summed E-state index contributed by atoms with van der Waals surface area (Å²) in [5, 5.41) is 12.7. The minimum atomic E-state index is -0.315. The Labute approximate surface area is 92.5 Å². The van der Waals surface area contributed by atoms with Crippen molar-refractivity contribution in [1.82, 2.24) is 4.98 Å². The lowest BCUT2D eigenvalue weighted by Gasteiger charge is -2.09. The van der Waals surface area contributed by atoms with Crippen molar-refractivity contribution < 1.29 is 4.39 Å². The van der Waals surface area contributed by atoms with Crippen molar-refractivity contribution in [2.45, 2.75) is 6.92 Å². The highest BCUT2D eigenvalue weighted by molar-refractivity contribution is 5.96. The number of aryl methyl sites for hydroxylation is 1. The van der Waals surface area contributed by atoms with Crippen LogP contribution in [0.1, 0.15) is 11.1 Å². The van der Waals surface area contributed by atoms with Crippen LogP contribution in [-0.2, 0) is 0 Å². The zero-order valence-corrected chi connectivity index (χ0v) is 9.00. The van der Waals surface area contributed by atoms with E-state index >= 15 is 0 Å². The van der Waals surface area contributed by atoms with Crippen LogP contribution in [-0.4, -0.2) is 12.0 Å². The number of fused-ring (bicyclic) bond motifs is 1. The molecule has 0 radical (unpaired) electrons. The number of pyridine rings is 1. The van der Waals surface area contributed by atoms with E-state index in [4.69, 9.17) is 5.26 Å². The van der Waals surface area contributed by atoms with Crippen molar-refractivity contribution in [3.05, 3.63) is 35.3 Å². The third-order valence-electron chi connectivity index (χ3n) is 2.50. The van der Waals surface area contributed by atoms with Gasteiger partial charge in [-0.2, -0.15) is 5.26 Å². The molecule has 1 N–H and O–H groups in total. The molecule has 0 saturated carbocycles. The molecule has 0 unspecified atom stereocenters. The number of nitrogens with one attached hydrogen (secondary N) is 1. The minimum Gasteiger partial charge on any atom is -0.386 e. The van der Waals surface area contributed by atoms with Crippen LogP contribution in [0.2, 0.25) is 0 Å². The first-order valence-corrected chi connectivity index (χ1v) is 4.84. The summed E-state index contributed by atoms with van der Waals surface area (Å²) in [6, 6.07) is 4.86. The summed E-state index contributed by atoms with van der Waals surface area (Å²) >= 11 is 0. The second-order valence-corrected chi connectivity index (χ2v) is 3.53. The van der Waals surface area contributed by atoms with E-state index in [1.807, 2.05) is 0 Å². The number of benzene rings is 1. The zero-order valence-electron chi connectivity index (χ0n) is 9.00. The van der Waals surface area contributed by atoms with Crippen LogP contribution in [0.3, 0.4) is 0 Å². The molecule has 2 rings (SSSR count). The Bertz CT molecular complexity index is 599. The van der Waals surface area contributed by atoms with Gasteiger partial charge in [-0.3, -0.25) is 4.98 Å². The number of halogens is 1. The van der Waals surface area contributed by atoms with E-state index in [9.17, 15) is 4.39 Å². The normalized spacial score (nSPS) is 10.1. The van der Waals surface area contributed by atoms with Crippen molar-refractivity contribution in [2.75, 3.05) is 12.4 Å². The summed E-state index contributed by atoms with van der Waals surface area (Å²) in [7, 11) is 1.73. The third-order valence-corrected chi connectivity index (χ3v) is 2.50. The van der Waals surface area contributed by atoms with Gasteiger partial charge in [-0.05, 0) is 18.6 Å². The van der Waals surface area contributed by atoms with Gasteiger partial charge in [0.15, 0.2) is 0 Å². The number of nitriles is 1. The van der Waals surface area contributed by atoms with Crippen LogP contribution in [0.5, 0.6) is 0 Å². The number of nitrogens with zero attached hydrogens (tertiary/aromatic N) is 2. The molecule has 1 aromatic heterocycles. The largest absolute Gasteiger partial charge is 0.386 e. The van der Waals surface area contributed by atoms with E-state index in [1.165, 1.54) is 18.3 Å². The summed E-state index contributed by atoms with van der Waals surface area (Å²) < 4.78 is 13.2. The molecular formula is C12H10FN3. The van der Waals surface area contributed by atoms with E-state index in [2.05, 4.69) is 16.4 Å². The highest BCUT2D eigenvalue weighted by atomic mass is 19.1. The van der Waals surface area contributed by atoms with Gasteiger partial charge in [-0.25, -0.2) is 4.39 Å². The third kappa shape index (κ3) is 1.47. The molecule has 1 aromatic carbocycles. The lowest BCUT2D eigenvalue weighted by atomic mass is 10.0. The van der Waals surface area contributed by atoms with Gasteiger partial charge in [-0.15, -0.1) is 0 Å². The topological polar surface area (TPSA) is 48.7 Å². The number of hydrogen-bond acceptors (Lipinski definition) is 3. The van der Waals surface area contributed by atoms with Crippen LogP contribution >= 0.6 is 0 Å². The Balaban J connectivity index is 2.93. The van der Waals surface area contributed by atoms with Crippen molar-refractivity contribution in [2.24, 2.45) is 0 Å². The molecular weight excluding hydrogens is 205 g/mol. The predicted molar refractivity (Wildman–Crippen MR) is 60.7 cm³/mol. The highest BCUT2D eigenvalue weighted by Gasteiger charge is 2.10. The summed E-state index contributed by atoms with van der Waals surface area (Å²) in [5.41, 5.74) is 2.49. The fourth-order valence-electron chi connectivity index (χ4n) is 1.83. The summed E-state index contributed by atoms with van der Waals surface area (Å²) in [6.07, 6.45) is 1.45. The maximum absolute atomic E-state index is 13.2. The Morgan fingerprint density at radius 1 is 1.44 bits per heavy atom. The van der Waals surface area contributed by atoms with Crippen LogP contribution in [0.25, 0.3) is 10.9 Å². The molecule has 0 aliphatic carbocycles. The molecule has 0 fully saturated rings. The molecule has 0 amide bonds. The molecule has 0 saturated heterocycles. The van der Waals surface area contributed by atoms with Crippen LogP contribution in [0, 0.1) is 24.1 Å². The average molecular weight is 215 g/mol. The Morgan fingerprint density at radius 2 is 2.19 bits per heavy atom. The molecule has 16 heavy (non-hydrogen) atoms. The molecule has 0 spiro atoms. The van der Waals surface area contributed by atoms with Crippen LogP contribution in [0.15, 0.2) is 18.3 Å². The number of rotatable bonds is 1. The van der Waals surface area contributed by atoms with Crippen molar-refractivity contribution in [3.63, 3.8) is 0 Å². The standard InChI is InChI=1S/C12H10FN3/c1-7-3-9(13)4-10-11(7)12(15-2)8(5-14)6-16-10/h3-4,6H,1-2H3,(H,15,16). The van der Waals surface area contributed by atoms with Gasteiger partial charge in [0.05, 0.1) is 16.8 Å². The summed E-state index contributed by atoms with van der Waals surface area (Å²) in [5.74, 6) is -0.315. The van der Waals surface area contributed by atoms with Gasteiger partial charge in [0.1, 0.15) is 11.9 Å². The summed E-state index contributed by atoms with van der Waals surface area (Å²) in [6.45, 7) is 1.80. The smallest absolute Gasteiger partial charge is 0.125 e. The number of aromatic nitrogens is 1. The quantitative estimate of drug-likeness (QED) is 0.795. The molecule has 0 bridgehead atoms. The molecule has 80 valence electrons. The van der Waals surface area contributed by atoms with E-state index in [1.54, 1.807) is 14.0 Å². The van der Waals surface area contributed by atoms with Gasteiger partial charge in [0.2, 0.25) is 0 Å². The van der Waals surface area contributed by atoms with Crippen LogP contribution < -0.4 is 5.32 Å². The van der Waals surface area contributed by atoms with Crippen molar-refractivity contribution >= 4 is 16.6 Å². The molecule has 0 aliphatic rings. The zero-order chi connectivity index (χ0) is 11.7. The minimum absolute atomic E-state index is 0.315. The first kappa shape index (κ1) is 10.4. The predicted octanol–water partition coefficient (Wildman–Crippen LogP) is 2.60. The first-order valence-electron chi connectivity index (χ1n) is 4.84. The van der Waals surface area contributed by atoms with Gasteiger partial charge in [-0.1, -0.05) is 0 Å². The van der Waals surface area contributed by atoms with Crippen LogP contribution in [0.4, 0.5) is 10.1 Å². The lowest BCUT2D eigenvalue weighted by Crippen LogP contribution is -1.97. The Morgan fingerprint density at radius 3 is 2.81 bits per heavy atom. The number of anilines is 1. The average Bonchev–Trinajstić information content (AvgIpc) is 2.27. The second-order valence-electron chi connectivity index (χ2n) is 3.53. The van der Waals surface area contributed by atoms with E-state index in [0.29, 0.717) is 16.8 Å². The van der Waals surface area contributed by atoms with E-state index in [-0.39, 0.29) is 5.82 Å². The van der Waals surface area contributed by atoms with E-state index < -0.39 is 0 Å². The molecule has 0 aliphatic heterocycles. The SMILES string of the molecule is CNc1c(C#N)cnc2cc(F)cc(C)c12. The van der Waals surface area contributed by atoms with Gasteiger partial charge in [0.25, 0.3) is 0 Å². The molecule has 2 aromatic rings. The maximum Gasteiger partial charge on any atom is 0.125 e. The van der Waals surface area contributed by atoms with Gasteiger partial charge >= 0.3 is 0 Å². The molecule has 4 heteroatoms. The van der Waals surface area contributed by atoms with Gasteiger partial charge < -0.3 is 5.32 Å². The molecule has 3 nitrogen and oxygen atoms in total.